The summed E-state index contributed by atoms with van der Waals surface area (Å²) in [6, 6.07) is 6.40. The second-order valence-corrected chi connectivity index (χ2v) is 5.72. The van der Waals surface area contributed by atoms with E-state index in [0.29, 0.717) is 0 Å². The third-order valence-electron chi connectivity index (χ3n) is 2.71. The van der Waals surface area contributed by atoms with Gasteiger partial charge < -0.3 is 0 Å². The lowest BCUT2D eigenvalue weighted by molar-refractivity contribution is 0.379. The Labute approximate surface area is 92.4 Å². The number of fused-ring (bicyclic) bond motifs is 1. The van der Waals surface area contributed by atoms with Gasteiger partial charge in [-0.1, -0.05) is 35.8 Å². The summed E-state index contributed by atoms with van der Waals surface area (Å²) in [4.78, 5) is 0. The first-order valence-electron chi connectivity index (χ1n) is 4.43. The van der Waals surface area contributed by atoms with Crippen LogP contribution >= 0.6 is 27.5 Å². The Hall–Kier alpha value is -0.0100. The highest BCUT2D eigenvalue weighted by Gasteiger charge is 2.37. The van der Waals surface area contributed by atoms with Crippen molar-refractivity contribution in [3.8, 4) is 0 Å². The Morgan fingerprint density at radius 1 is 1.46 bits per heavy atom. The minimum Gasteiger partial charge on any atom is -0.117 e. The van der Waals surface area contributed by atoms with Gasteiger partial charge in [0.05, 0.1) is 5.38 Å². The molecule has 1 aromatic carbocycles. The molecule has 2 heteroatoms. The van der Waals surface area contributed by atoms with Crippen LogP contribution in [-0.2, 0) is 6.42 Å². The summed E-state index contributed by atoms with van der Waals surface area (Å²) in [5.41, 5.74) is 2.89. The Balaban J connectivity index is 2.51. The smallest absolute Gasteiger partial charge is 0.0642 e. The molecule has 0 amide bonds. The summed E-state index contributed by atoms with van der Waals surface area (Å²) in [5.74, 6) is 0. The van der Waals surface area contributed by atoms with Gasteiger partial charge in [-0.15, -0.1) is 11.6 Å². The van der Waals surface area contributed by atoms with Gasteiger partial charge >= 0.3 is 0 Å². The molecular formula is C11H12BrCl. The van der Waals surface area contributed by atoms with Crippen LogP contribution in [0, 0.1) is 5.41 Å². The Kier molecular flexibility index (Phi) is 2.20. The molecule has 0 saturated heterocycles. The average molecular weight is 260 g/mol. The van der Waals surface area contributed by atoms with Crippen LogP contribution in [0.5, 0.6) is 0 Å². The molecule has 0 radical (unpaired) electrons. The number of hydrogen-bond donors (Lipinski definition) is 0. The van der Waals surface area contributed by atoms with Crippen LogP contribution in [0.15, 0.2) is 22.7 Å². The van der Waals surface area contributed by atoms with Crippen molar-refractivity contribution < 1.29 is 0 Å². The average Bonchev–Trinajstić information content (AvgIpc) is 2.26. The van der Waals surface area contributed by atoms with Crippen molar-refractivity contribution >= 4 is 27.5 Å². The van der Waals surface area contributed by atoms with Gasteiger partial charge in [0.1, 0.15) is 0 Å². The molecule has 0 fully saturated rings. The van der Waals surface area contributed by atoms with Crippen molar-refractivity contribution in [3.05, 3.63) is 33.8 Å². The second-order valence-electron chi connectivity index (χ2n) is 4.37. The van der Waals surface area contributed by atoms with Crippen molar-refractivity contribution in [1.82, 2.24) is 0 Å². The molecule has 0 saturated carbocycles. The van der Waals surface area contributed by atoms with Crippen LogP contribution in [0.25, 0.3) is 0 Å². The third-order valence-corrected chi connectivity index (χ3v) is 4.03. The lowest BCUT2D eigenvalue weighted by Gasteiger charge is -2.21. The van der Waals surface area contributed by atoms with Gasteiger partial charge in [0.25, 0.3) is 0 Å². The van der Waals surface area contributed by atoms with Crippen LogP contribution in [0.2, 0.25) is 0 Å². The first-order chi connectivity index (χ1) is 6.00. The minimum atomic E-state index is 0.153. The van der Waals surface area contributed by atoms with Gasteiger partial charge in [0, 0.05) is 4.47 Å². The van der Waals surface area contributed by atoms with E-state index >= 15 is 0 Å². The third kappa shape index (κ3) is 1.53. The summed E-state index contributed by atoms with van der Waals surface area (Å²) < 4.78 is 1.12. The molecule has 1 unspecified atom stereocenters. The molecule has 1 aliphatic carbocycles. The standard InChI is InChI=1S/C11H12BrCl/c1-11(2)6-7-3-4-8(12)5-9(7)10(11)13/h3-5,10H,6H2,1-2H3. The highest BCUT2D eigenvalue weighted by atomic mass is 79.9. The molecule has 1 atom stereocenters. The van der Waals surface area contributed by atoms with E-state index in [4.69, 9.17) is 11.6 Å². The molecule has 0 N–H and O–H groups in total. The minimum absolute atomic E-state index is 0.153. The Morgan fingerprint density at radius 2 is 2.15 bits per heavy atom. The van der Waals surface area contributed by atoms with Gasteiger partial charge in [0.2, 0.25) is 0 Å². The number of alkyl halides is 1. The molecule has 1 aliphatic rings. The maximum atomic E-state index is 6.39. The summed E-state index contributed by atoms with van der Waals surface area (Å²) >= 11 is 9.86. The van der Waals surface area contributed by atoms with Gasteiger partial charge in [0.15, 0.2) is 0 Å². The van der Waals surface area contributed by atoms with Gasteiger partial charge in [-0.2, -0.15) is 0 Å². The zero-order chi connectivity index (χ0) is 9.64. The number of benzene rings is 1. The fraction of sp³-hybridized carbons (Fsp3) is 0.455. The molecule has 0 aliphatic heterocycles. The lowest BCUT2D eigenvalue weighted by atomic mass is 9.90. The maximum absolute atomic E-state index is 6.39. The Morgan fingerprint density at radius 3 is 2.85 bits per heavy atom. The van der Waals surface area contributed by atoms with Crippen LogP contribution in [-0.4, -0.2) is 0 Å². The van der Waals surface area contributed by atoms with Crippen LogP contribution in [0.1, 0.15) is 30.4 Å². The van der Waals surface area contributed by atoms with Crippen molar-refractivity contribution in [1.29, 1.82) is 0 Å². The van der Waals surface area contributed by atoms with Crippen LogP contribution in [0.3, 0.4) is 0 Å². The van der Waals surface area contributed by atoms with E-state index in [2.05, 4.69) is 48.0 Å². The SMILES string of the molecule is CC1(C)Cc2ccc(Br)cc2C1Cl. The zero-order valence-electron chi connectivity index (χ0n) is 7.77. The molecule has 1 aromatic rings. The van der Waals surface area contributed by atoms with Gasteiger partial charge in [-0.3, -0.25) is 0 Å². The predicted molar refractivity (Wildman–Crippen MR) is 60.2 cm³/mol. The largest absolute Gasteiger partial charge is 0.117 e. The summed E-state index contributed by atoms with van der Waals surface area (Å²) in [7, 11) is 0. The fourth-order valence-electron chi connectivity index (χ4n) is 1.96. The van der Waals surface area contributed by atoms with Gasteiger partial charge in [-0.25, -0.2) is 0 Å². The molecule has 70 valence electrons. The number of halogens is 2. The zero-order valence-corrected chi connectivity index (χ0v) is 10.1. The quantitative estimate of drug-likeness (QED) is 0.609. The number of rotatable bonds is 0. The topological polar surface area (TPSA) is 0 Å². The highest BCUT2D eigenvalue weighted by molar-refractivity contribution is 9.10. The Bertz CT molecular complexity index is 344. The van der Waals surface area contributed by atoms with Crippen molar-refractivity contribution in [2.45, 2.75) is 25.6 Å². The number of hydrogen-bond acceptors (Lipinski definition) is 0. The monoisotopic (exact) mass is 258 g/mol. The lowest BCUT2D eigenvalue weighted by Crippen LogP contribution is -2.12. The normalized spacial score (nSPS) is 24.5. The van der Waals surface area contributed by atoms with Crippen molar-refractivity contribution in [2.75, 3.05) is 0 Å². The second kappa shape index (κ2) is 2.99. The van der Waals surface area contributed by atoms with E-state index in [1.165, 1.54) is 11.1 Å². The summed E-state index contributed by atoms with van der Waals surface area (Å²) in [6.07, 6.45) is 1.09. The van der Waals surface area contributed by atoms with E-state index in [9.17, 15) is 0 Å². The molecule has 0 nitrogen and oxygen atoms in total. The summed E-state index contributed by atoms with van der Waals surface area (Å²) in [5, 5.41) is 0.153. The van der Waals surface area contributed by atoms with E-state index in [1.807, 2.05) is 0 Å². The van der Waals surface area contributed by atoms with Crippen molar-refractivity contribution in [2.24, 2.45) is 5.41 Å². The molecule has 0 heterocycles. The summed E-state index contributed by atoms with van der Waals surface area (Å²) in [6.45, 7) is 4.44. The van der Waals surface area contributed by atoms with E-state index < -0.39 is 0 Å². The van der Waals surface area contributed by atoms with E-state index in [0.717, 1.165) is 10.9 Å². The van der Waals surface area contributed by atoms with Crippen LogP contribution in [0.4, 0.5) is 0 Å². The first kappa shape index (κ1) is 9.54. The molecule has 0 aromatic heterocycles. The predicted octanol–water partition coefficient (Wildman–Crippen LogP) is 4.31. The molecular weight excluding hydrogens is 247 g/mol. The first-order valence-corrected chi connectivity index (χ1v) is 5.66. The van der Waals surface area contributed by atoms with Gasteiger partial charge in [-0.05, 0) is 35.1 Å². The molecule has 13 heavy (non-hydrogen) atoms. The van der Waals surface area contributed by atoms with E-state index in [1.54, 1.807) is 0 Å². The van der Waals surface area contributed by atoms with Crippen molar-refractivity contribution in [3.63, 3.8) is 0 Å². The van der Waals surface area contributed by atoms with Crippen LogP contribution < -0.4 is 0 Å². The maximum Gasteiger partial charge on any atom is 0.0642 e. The fourth-order valence-corrected chi connectivity index (χ4v) is 2.62. The molecule has 2 rings (SSSR count). The molecule has 0 spiro atoms. The highest BCUT2D eigenvalue weighted by Crippen LogP contribution is 2.49. The molecule has 0 bridgehead atoms. The van der Waals surface area contributed by atoms with E-state index in [-0.39, 0.29) is 10.8 Å².